The fraction of sp³-hybridized carbons (Fsp3) is 0.600. The predicted molar refractivity (Wildman–Crippen MR) is 50.2 cm³/mol. The molecular formula is C10H20. The van der Waals surface area contributed by atoms with Crippen LogP contribution in [0.3, 0.4) is 0 Å². The molecule has 10 heavy (non-hydrogen) atoms. The van der Waals surface area contributed by atoms with Crippen LogP contribution in [0.1, 0.15) is 41.5 Å². The van der Waals surface area contributed by atoms with Gasteiger partial charge in [-0.3, -0.25) is 0 Å². The molecule has 0 aromatic heterocycles. The molecule has 0 unspecified atom stereocenters. The molecule has 0 bridgehead atoms. The van der Waals surface area contributed by atoms with Crippen LogP contribution >= 0.6 is 0 Å². The summed E-state index contributed by atoms with van der Waals surface area (Å²) in [6.07, 6.45) is 4.00. The average molecular weight is 140 g/mol. The molecule has 0 spiro atoms. The topological polar surface area (TPSA) is 0 Å². The van der Waals surface area contributed by atoms with Gasteiger partial charge >= 0.3 is 0 Å². The van der Waals surface area contributed by atoms with E-state index in [4.69, 9.17) is 0 Å². The maximum atomic E-state index is 2.12. The zero-order valence-electron chi connectivity index (χ0n) is 8.15. The van der Waals surface area contributed by atoms with Gasteiger partial charge in [0.05, 0.1) is 0 Å². The first-order valence-corrected chi connectivity index (χ1v) is 3.74. The minimum Gasteiger partial charge on any atom is -0.0919 e. The third-order valence-electron chi connectivity index (χ3n) is 1.33. The van der Waals surface area contributed by atoms with Gasteiger partial charge in [0.15, 0.2) is 0 Å². The smallest absolute Gasteiger partial charge is 0.0440 e. The number of allylic oxidation sites excluding steroid dienone is 4. The number of hydrogen-bond donors (Lipinski definition) is 0. The third kappa shape index (κ3) is 15.6. The summed E-state index contributed by atoms with van der Waals surface area (Å²) >= 11 is 0. The van der Waals surface area contributed by atoms with Crippen molar-refractivity contribution in [2.45, 2.75) is 41.5 Å². The molecule has 0 saturated heterocycles. The molecule has 0 N–H and O–H groups in total. The van der Waals surface area contributed by atoms with Crippen LogP contribution in [0.4, 0.5) is 0 Å². The van der Waals surface area contributed by atoms with E-state index in [2.05, 4.69) is 27.7 Å². The lowest BCUT2D eigenvalue weighted by molar-refractivity contribution is 1.23. The Morgan fingerprint density at radius 3 is 0.900 bits per heavy atom. The molecule has 0 nitrogen and oxygen atoms in total. The summed E-state index contributed by atoms with van der Waals surface area (Å²) in [6.45, 7) is 12.5. The molecule has 60 valence electrons. The van der Waals surface area contributed by atoms with E-state index in [-0.39, 0.29) is 0 Å². The molecule has 0 fully saturated rings. The lowest BCUT2D eigenvalue weighted by atomic mass is 10.2. The van der Waals surface area contributed by atoms with Crippen LogP contribution in [-0.2, 0) is 0 Å². The largest absolute Gasteiger partial charge is 0.0919 e. The second-order valence-corrected chi connectivity index (χ2v) is 2.67. The van der Waals surface area contributed by atoms with Crippen LogP contribution in [0.5, 0.6) is 0 Å². The Labute approximate surface area is 65.7 Å². The van der Waals surface area contributed by atoms with Crippen molar-refractivity contribution in [2.24, 2.45) is 0 Å². The first kappa shape index (κ1) is 12.2. The van der Waals surface area contributed by atoms with Crippen molar-refractivity contribution in [3.8, 4) is 0 Å². The number of rotatable bonds is 0. The summed E-state index contributed by atoms with van der Waals surface area (Å²) in [5, 5.41) is 0. The van der Waals surface area contributed by atoms with Crippen molar-refractivity contribution in [3.63, 3.8) is 0 Å². The molecule has 0 rings (SSSR count). The Morgan fingerprint density at radius 1 is 0.700 bits per heavy atom. The fourth-order valence-electron chi connectivity index (χ4n) is 0. The molecule has 0 radical (unpaired) electrons. The van der Waals surface area contributed by atoms with Crippen LogP contribution in [0.25, 0.3) is 0 Å². The van der Waals surface area contributed by atoms with Crippen LogP contribution in [-0.4, -0.2) is 0 Å². The van der Waals surface area contributed by atoms with Crippen molar-refractivity contribution in [1.82, 2.24) is 0 Å². The van der Waals surface area contributed by atoms with Gasteiger partial charge in [-0.25, -0.2) is 0 Å². The van der Waals surface area contributed by atoms with Gasteiger partial charge in [0.2, 0.25) is 0 Å². The summed E-state index contributed by atoms with van der Waals surface area (Å²) < 4.78 is 0. The zero-order valence-corrected chi connectivity index (χ0v) is 8.15. The Morgan fingerprint density at radius 2 is 0.900 bits per heavy atom. The van der Waals surface area contributed by atoms with Gasteiger partial charge in [0.25, 0.3) is 0 Å². The van der Waals surface area contributed by atoms with E-state index in [1.165, 1.54) is 11.1 Å². The molecule has 0 aromatic carbocycles. The molecule has 0 amide bonds. The van der Waals surface area contributed by atoms with E-state index in [9.17, 15) is 0 Å². The van der Waals surface area contributed by atoms with Gasteiger partial charge in [0, 0.05) is 0 Å². The van der Waals surface area contributed by atoms with E-state index in [0.29, 0.717) is 0 Å². The summed E-state index contributed by atoms with van der Waals surface area (Å²) in [6, 6.07) is 0. The van der Waals surface area contributed by atoms with Crippen molar-refractivity contribution in [3.05, 3.63) is 23.3 Å². The molecule has 0 aliphatic carbocycles. The van der Waals surface area contributed by atoms with E-state index in [1.54, 1.807) is 0 Å². The Bertz CT molecular complexity index is 94.0. The molecule has 0 heteroatoms. The van der Waals surface area contributed by atoms with Gasteiger partial charge < -0.3 is 0 Å². The lowest BCUT2D eigenvalue weighted by Gasteiger charge is -1.88. The van der Waals surface area contributed by atoms with Gasteiger partial charge in [-0.15, -0.1) is 0 Å². The molecule has 0 atom stereocenters. The summed E-state index contributed by atoms with van der Waals surface area (Å²) in [5.74, 6) is 0. The lowest BCUT2D eigenvalue weighted by Crippen LogP contribution is -1.66. The highest BCUT2D eigenvalue weighted by Gasteiger charge is 1.75. The second kappa shape index (κ2) is 8.48. The Kier molecular flexibility index (Phi) is 10.3. The first-order chi connectivity index (χ1) is 4.56. The van der Waals surface area contributed by atoms with Crippen LogP contribution in [0.15, 0.2) is 23.3 Å². The van der Waals surface area contributed by atoms with E-state index in [1.807, 2.05) is 26.0 Å². The maximum Gasteiger partial charge on any atom is -0.0440 e. The Balaban J connectivity index is 0. The quantitative estimate of drug-likeness (QED) is 0.447. The monoisotopic (exact) mass is 140 g/mol. The minimum absolute atomic E-state index is 1.43. The maximum absolute atomic E-state index is 2.12. The van der Waals surface area contributed by atoms with Gasteiger partial charge in [-0.2, -0.15) is 0 Å². The first-order valence-electron chi connectivity index (χ1n) is 3.74. The third-order valence-corrected chi connectivity index (χ3v) is 1.33. The number of hydrogen-bond acceptors (Lipinski definition) is 0. The van der Waals surface area contributed by atoms with Gasteiger partial charge in [-0.05, 0) is 41.5 Å². The molecule has 0 aromatic rings. The van der Waals surface area contributed by atoms with E-state index < -0.39 is 0 Å². The van der Waals surface area contributed by atoms with Crippen molar-refractivity contribution < 1.29 is 0 Å². The summed E-state index contributed by atoms with van der Waals surface area (Å²) in [5.41, 5.74) is 2.85. The SMILES string of the molecule is CC(C)=C(C)C.CC=CC. The molecular weight excluding hydrogens is 120 g/mol. The van der Waals surface area contributed by atoms with Crippen LogP contribution < -0.4 is 0 Å². The fourth-order valence-corrected chi connectivity index (χ4v) is 0. The average Bonchev–Trinajstić information content (AvgIpc) is 1.89. The van der Waals surface area contributed by atoms with E-state index in [0.717, 1.165) is 0 Å². The van der Waals surface area contributed by atoms with Crippen LogP contribution in [0, 0.1) is 0 Å². The normalized spacial score (nSPS) is 8.60. The highest BCUT2D eigenvalue weighted by atomic mass is 13.8. The highest BCUT2D eigenvalue weighted by Crippen LogP contribution is 1.96. The molecule has 0 aliphatic heterocycles. The molecule has 0 heterocycles. The standard InChI is InChI=1S/C6H12.C4H8/c1-5(2)6(3)4;1-3-4-2/h1-4H3;3-4H,1-2H3. The van der Waals surface area contributed by atoms with Crippen molar-refractivity contribution in [2.75, 3.05) is 0 Å². The summed E-state index contributed by atoms with van der Waals surface area (Å²) in [4.78, 5) is 0. The second-order valence-electron chi connectivity index (χ2n) is 2.67. The summed E-state index contributed by atoms with van der Waals surface area (Å²) in [7, 11) is 0. The predicted octanol–water partition coefficient (Wildman–Crippen LogP) is 3.95. The molecule has 0 saturated carbocycles. The molecule has 0 aliphatic rings. The van der Waals surface area contributed by atoms with Crippen molar-refractivity contribution in [1.29, 1.82) is 0 Å². The van der Waals surface area contributed by atoms with E-state index >= 15 is 0 Å². The zero-order chi connectivity index (χ0) is 8.57. The highest BCUT2D eigenvalue weighted by molar-refractivity contribution is 5.02. The van der Waals surface area contributed by atoms with Crippen molar-refractivity contribution >= 4 is 0 Å². The van der Waals surface area contributed by atoms with Gasteiger partial charge in [0.1, 0.15) is 0 Å². The van der Waals surface area contributed by atoms with Gasteiger partial charge in [-0.1, -0.05) is 23.3 Å². The van der Waals surface area contributed by atoms with Crippen LogP contribution in [0.2, 0.25) is 0 Å². The minimum atomic E-state index is 1.43. The Hall–Kier alpha value is -0.520.